The molecule has 0 aliphatic carbocycles. The molecule has 1 fully saturated rings. The van der Waals surface area contributed by atoms with Crippen LogP contribution in [0.1, 0.15) is 31.3 Å². The fourth-order valence-electron chi connectivity index (χ4n) is 3.23. The predicted molar refractivity (Wildman–Crippen MR) is 98.8 cm³/mol. The summed E-state index contributed by atoms with van der Waals surface area (Å²) in [6.07, 6.45) is 7.97. The molecule has 1 N–H and O–H groups in total. The van der Waals surface area contributed by atoms with E-state index in [2.05, 4.69) is 24.8 Å². The maximum atomic E-state index is 11.0. The molecule has 7 heteroatoms. The van der Waals surface area contributed by atoms with Gasteiger partial charge in [-0.2, -0.15) is 0 Å². The van der Waals surface area contributed by atoms with Crippen LogP contribution in [0.4, 0.5) is 0 Å². The van der Waals surface area contributed by atoms with E-state index in [0.717, 1.165) is 56.3 Å². The quantitative estimate of drug-likeness (QED) is 0.779. The standard InChI is InChI=1S/C19H27N5O2/c1-15-20-7-11-24(15)9-3-8-23-10-5-19(14-23)26-18-4-6-21-17(12-18)13-22-16(2)25/h4,6-7,11-12,19H,3,5,8-10,13-14H2,1-2H3,(H,22,25). The average Bonchev–Trinajstić information content (AvgIpc) is 3.23. The smallest absolute Gasteiger partial charge is 0.217 e. The molecule has 0 saturated carbocycles. The van der Waals surface area contributed by atoms with Crippen LogP contribution in [0.25, 0.3) is 0 Å². The third-order valence-electron chi connectivity index (χ3n) is 4.64. The van der Waals surface area contributed by atoms with E-state index >= 15 is 0 Å². The lowest BCUT2D eigenvalue weighted by Crippen LogP contribution is -2.26. The van der Waals surface area contributed by atoms with Crippen molar-refractivity contribution in [1.29, 1.82) is 0 Å². The van der Waals surface area contributed by atoms with E-state index < -0.39 is 0 Å². The SMILES string of the molecule is CC(=O)NCc1cc(OC2CCN(CCCn3ccnc3C)C2)ccn1. The van der Waals surface area contributed by atoms with Gasteiger partial charge >= 0.3 is 0 Å². The van der Waals surface area contributed by atoms with Crippen LogP contribution in [-0.4, -0.2) is 51.1 Å². The number of aryl methyl sites for hydroxylation is 2. The Morgan fingerprint density at radius 2 is 2.23 bits per heavy atom. The molecule has 0 aromatic carbocycles. The third-order valence-corrected chi connectivity index (χ3v) is 4.64. The van der Waals surface area contributed by atoms with Gasteiger partial charge in [-0.1, -0.05) is 0 Å². The summed E-state index contributed by atoms with van der Waals surface area (Å²) in [5, 5.41) is 2.76. The molecular weight excluding hydrogens is 330 g/mol. The zero-order valence-electron chi connectivity index (χ0n) is 15.5. The van der Waals surface area contributed by atoms with Crippen molar-refractivity contribution >= 4 is 5.91 Å². The monoisotopic (exact) mass is 357 g/mol. The minimum Gasteiger partial charge on any atom is -0.489 e. The van der Waals surface area contributed by atoms with Crippen LogP contribution < -0.4 is 10.1 Å². The first-order valence-corrected chi connectivity index (χ1v) is 9.16. The second-order valence-electron chi connectivity index (χ2n) is 6.74. The lowest BCUT2D eigenvalue weighted by molar-refractivity contribution is -0.119. The van der Waals surface area contributed by atoms with Gasteiger partial charge in [0.15, 0.2) is 0 Å². The summed E-state index contributed by atoms with van der Waals surface area (Å²) in [6.45, 7) is 8.06. The molecule has 1 saturated heterocycles. The first-order chi connectivity index (χ1) is 12.6. The molecule has 3 rings (SSSR count). The van der Waals surface area contributed by atoms with Gasteiger partial charge in [0, 0.05) is 51.2 Å². The molecule has 1 unspecified atom stereocenters. The van der Waals surface area contributed by atoms with Crippen molar-refractivity contribution < 1.29 is 9.53 Å². The highest BCUT2D eigenvalue weighted by Crippen LogP contribution is 2.19. The average molecular weight is 357 g/mol. The zero-order chi connectivity index (χ0) is 18.4. The number of likely N-dealkylation sites (tertiary alicyclic amines) is 1. The molecule has 1 aliphatic rings. The molecule has 1 atom stereocenters. The van der Waals surface area contributed by atoms with Crippen molar-refractivity contribution in [3.8, 4) is 5.75 Å². The molecule has 2 aromatic rings. The van der Waals surface area contributed by atoms with Crippen molar-refractivity contribution in [2.75, 3.05) is 19.6 Å². The van der Waals surface area contributed by atoms with Gasteiger partial charge in [-0.25, -0.2) is 4.98 Å². The van der Waals surface area contributed by atoms with Gasteiger partial charge in [-0.3, -0.25) is 14.7 Å². The number of amides is 1. The number of pyridine rings is 1. The summed E-state index contributed by atoms with van der Waals surface area (Å²) < 4.78 is 8.31. The zero-order valence-corrected chi connectivity index (χ0v) is 15.5. The summed E-state index contributed by atoms with van der Waals surface area (Å²) in [7, 11) is 0. The number of ether oxygens (including phenoxy) is 1. The predicted octanol–water partition coefficient (Wildman–Crippen LogP) is 1.77. The van der Waals surface area contributed by atoms with Crippen molar-refractivity contribution in [2.24, 2.45) is 0 Å². The highest BCUT2D eigenvalue weighted by Gasteiger charge is 2.23. The fourth-order valence-corrected chi connectivity index (χ4v) is 3.23. The van der Waals surface area contributed by atoms with Gasteiger partial charge in [0.1, 0.15) is 17.7 Å². The number of imidazole rings is 1. The summed E-state index contributed by atoms with van der Waals surface area (Å²) >= 11 is 0. The number of rotatable bonds is 8. The Balaban J connectivity index is 1.42. The Hall–Kier alpha value is -2.41. The second-order valence-corrected chi connectivity index (χ2v) is 6.74. The highest BCUT2D eigenvalue weighted by molar-refractivity contribution is 5.72. The van der Waals surface area contributed by atoms with Gasteiger partial charge in [-0.05, 0) is 32.4 Å². The fraction of sp³-hybridized carbons (Fsp3) is 0.526. The van der Waals surface area contributed by atoms with Gasteiger partial charge in [-0.15, -0.1) is 0 Å². The van der Waals surface area contributed by atoms with Crippen molar-refractivity contribution in [1.82, 2.24) is 24.8 Å². The Morgan fingerprint density at radius 3 is 3.00 bits per heavy atom. The topological polar surface area (TPSA) is 72.3 Å². The number of hydrogen-bond donors (Lipinski definition) is 1. The van der Waals surface area contributed by atoms with Gasteiger partial charge in [0.05, 0.1) is 12.2 Å². The summed E-state index contributed by atoms with van der Waals surface area (Å²) in [5.74, 6) is 1.83. The molecule has 7 nitrogen and oxygen atoms in total. The van der Waals surface area contributed by atoms with Crippen LogP contribution in [0.5, 0.6) is 5.75 Å². The molecule has 1 aliphatic heterocycles. The first kappa shape index (κ1) is 18.4. The number of carbonyl (C=O) groups is 1. The van der Waals surface area contributed by atoms with Crippen LogP contribution in [0.2, 0.25) is 0 Å². The minimum atomic E-state index is -0.0598. The normalized spacial score (nSPS) is 17.4. The summed E-state index contributed by atoms with van der Waals surface area (Å²) in [4.78, 5) is 22.0. The maximum Gasteiger partial charge on any atom is 0.217 e. The van der Waals surface area contributed by atoms with Crippen LogP contribution >= 0.6 is 0 Å². The van der Waals surface area contributed by atoms with Gasteiger partial charge < -0.3 is 14.6 Å². The van der Waals surface area contributed by atoms with E-state index in [1.807, 2.05) is 31.5 Å². The van der Waals surface area contributed by atoms with E-state index in [0.29, 0.717) is 6.54 Å². The molecule has 1 amide bonds. The number of hydrogen-bond acceptors (Lipinski definition) is 5. The number of nitrogens with zero attached hydrogens (tertiary/aromatic N) is 4. The largest absolute Gasteiger partial charge is 0.489 e. The molecule has 140 valence electrons. The van der Waals surface area contributed by atoms with E-state index in [4.69, 9.17) is 4.74 Å². The Kier molecular flexibility index (Phi) is 6.22. The Bertz CT molecular complexity index is 730. The number of carbonyl (C=O) groups excluding carboxylic acids is 1. The molecule has 3 heterocycles. The van der Waals surface area contributed by atoms with E-state index in [9.17, 15) is 4.79 Å². The van der Waals surface area contributed by atoms with E-state index in [1.165, 1.54) is 6.92 Å². The molecule has 2 aromatic heterocycles. The van der Waals surface area contributed by atoms with E-state index in [-0.39, 0.29) is 12.0 Å². The molecular formula is C19H27N5O2. The summed E-state index contributed by atoms with van der Waals surface area (Å²) in [6, 6.07) is 3.78. The van der Waals surface area contributed by atoms with Crippen LogP contribution in [-0.2, 0) is 17.9 Å². The number of nitrogens with one attached hydrogen (secondary N) is 1. The lowest BCUT2D eigenvalue weighted by atomic mass is 10.3. The molecule has 0 spiro atoms. The van der Waals surface area contributed by atoms with Crippen molar-refractivity contribution in [3.05, 3.63) is 42.2 Å². The molecule has 0 radical (unpaired) electrons. The lowest BCUT2D eigenvalue weighted by Gasteiger charge is -2.17. The van der Waals surface area contributed by atoms with Crippen LogP contribution in [0.3, 0.4) is 0 Å². The maximum absolute atomic E-state index is 11.0. The minimum absolute atomic E-state index is 0.0598. The van der Waals surface area contributed by atoms with Crippen molar-refractivity contribution in [2.45, 2.75) is 45.9 Å². The Labute approximate surface area is 154 Å². The van der Waals surface area contributed by atoms with E-state index in [1.54, 1.807) is 6.20 Å². The third kappa shape index (κ3) is 5.29. The number of aromatic nitrogens is 3. The molecule has 26 heavy (non-hydrogen) atoms. The highest BCUT2D eigenvalue weighted by atomic mass is 16.5. The van der Waals surface area contributed by atoms with Crippen LogP contribution in [0.15, 0.2) is 30.7 Å². The van der Waals surface area contributed by atoms with Crippen molar-refractivity contribution in [3.63, 3.8) is 0 Å². The van der Waals surface area contributed by atoms with Gasteiger partial charge in [0.25, 0.3) is 0 Å². The summed E-state index contributed by atoms with van der Waals surface area (Å²) in [5.41, 5.74) is 0.809. The Morgan fingerprint density at radius 1 is 1.35 bits per heavy atom. The first-order valence-electron chi connectivity index (χ1n) is 9.16. The van der Waals surface area contributed by atoms with Crippen LogP contribution in [0, 0.1) is 6.92 Å². The second kappa shape index (κ2) is 8.80. The van der Waals surface area contributed by atoms with Gasteiger partial charge in [0.2, 0.25) is 5.91 Å². The molecule has 0 bridgehead atoms.